The number of nitrogens with one attached hydrogen (secondary N) is 1. The summed E-state index contributed by atoms with van der Waals surface area (Å²) in [6.07, 6.45) is 5.42. The highest BCUT2D eigenvalue weighted by molar-refractivity contribution is 9.10. The van der Waals surface area contributed by atoms with E-state index in [-0.39, 0.29) is 11.7 Å². The van der Waals surface area contributed by atoms with Crippen LogP contribution in [0.1, 0.15) is 29.6 Å². The Morgan fingerprint density at radius 3 is 2.83 bits per heavy atom. The number of thioether (sulfide) groups is 1. The smallest absolute Gasteiger partial charge is 0.251 e. The molecule has 0 radical (unpaired) electrons. The Morgan fingerprint density at radius 2 is 2.17 bits per heavy atom. The lowest BCUT2D eigenvalue weighted by Crippen LogP contribution is -2.24. The van der Waals surface area contributed by atoms with Gasteiger partial charge in [0.1, 0.15) is 5.75 Å². The molecule has 0 bridgehead atoms. The molecule has 1 aromatic rings. The van der Waals surface area contributed by atoms with Crippen LogP contribution >= 0.6 is 27.7 Å². The van der Waals surface area contributed by atoms with Crippen LogP contribution in [0.25, 0.3) is 0 Å². The minimum Gasteiger partial charge on any atom is -0.507 e. The summed E-state index contributed by atoms with van der Waals surface area (Å²) in [6.45, 7) is 0.685. The van der Waals surface area contributed by atoms with Crippen molar-refractivity contribution in [2.24, 2.45) is 0 Å². The van der Waals surface area contributed by atoms with E-state index in [9.17, 15) is 9.90 Å². The van der Waals surface area contributed by atoms with Crippen molar-refractivity contribution in [2.45, 2.75) is 19.3 Å². The fourth-order valence-electron chi connectivity index (χ4n) is 1.51. The maximum absolute atomic E-state index is 11.8. The van der Waals surface area contributed by atoms with Gasteiger partial charge in [0.2, 0.25) is 0 Å². The van der Waals surface area contributed by atoms with Crippen molar-refractivity contribution < 1.29 is 9.90 Å². The second-order valence-electron chi connectivity index (χ2n) is 3.98. The Labute approximate surface area is 120 Å². The van der Waals surface area contributed by atoms with Crippen molar-refractivity contribution in [1.82, 2.24) is 5.32 Å². The highest BCUT2D eigenvalue weighted by atomic mass is 79.9. The molecule has 0 unspecified atom stereocenters. The molecule has 3 nitrogen and oxygen atoms in total. The van der Waals surface area contributed by atoms with Gasteiger partial charge < -0.3 is 10.4 Å². The molecule has 0 saturated heterocycles. The molecular formula is C13H18BrNO2S. The van der Waals surface area contributed by atoms with E-state index in [1.807, 2.05) is 11.8 Å². The third kappa shape index (κ3) is 5.31. The van der Waals surface area contributed by atoms with Gasteiger partial charge in [-0.15, -0.1) is 0 Å². The molecular weight excluding hydrogens is 314 g/mol. The zero-order chi connectivity index (χ0) is 13.4. The van der Waals surface area contributed by atoms with E-state index in [4.69, 9.17) is 0 Å². The second-order valence-corrected chi connectivity index (χ2v) is 5.82. The molecule has 1 rings (SSSR count). The quantitative estimate of drug-likeness (QED) is 0.752. The highest BCUT2D eigenvalue weighted by Crippen LogP contribution is 2.24. The zero-order valence-electron chi connectivity index (χ0n) is 10.4. The van der Waals surface area contributed by atoms with E-state index in [0.717, 1.165) is 12.8 Å². The monoisotopic (exact) mass is 331 g/mol. The molecule has 0 aromatic heterocycles. The summed E-state index contributed by atoms with van der Waals surface area (Å²) < 4.78 is 0.594. The number of hydrogen-bond acceptors (Lipinski definition) is 3. The third-order valence-electron chi connectivity index (χ3n) is 2.52. The summed E-state index contributed by atoms with van der Waals surface area (Å²) in [6, 6.07) is 4.82. The predicted molar refractivity (Wildman–Crippen MR) is 80.4 cm³/mol. The number of phenolic OH excluding ortho intramolecular Hbond substituents is 1. The van der Waals surface area contributed by atoms with Crippen LogP contribution in [0, 0.1) is 0 Å². The molecule has 5 heteroatoms. The molecule has 0 spiro atoms. The molecule has 0 heterocycles. The predicted octanol–water partition coefficient (Wildman–Crippen LogP) is 3.42. The lowest BCUT2D eigenvalue weighted by atomic mass is 10.2. The molecule has 0 saturated carbocycles. The van der Waals surface area contributed by atoms with E-state index in [1.165, 1.54) is 18.2 Å². The fraction of sp³-hybridized carbons (Fsp3) is 0.462. The standard InChI is InChI=1S/C13H18BrNO2S/c1-18-8-4-2-3-7-15-13(17)10-5-6-11(14)12(16)9-10/h5-6,9,16H,2-4,7-8H2,1H3,(H,15,17). The molecule has 1 amide bonds. The Kier molecular flexibility index (Phi) is 7.20. The average molecular weight is 332 g/mol. The number of amides is 1. The number of carbonyl (C=O) groups is 1. The Hall–Kier alpha value is -0.680. The second kappa shape index (κ2) is 8.43. The van der Waals surface area contributed by atoms with Gasteiger partial charge in [0.15, 0.2) is 0 Å². The largest absolute Gasteiger partial charge is 0.507 e. The summed E-state index contributed by atoms with van der Waals surface area (Å²) in [5.41, 5.74) is 0.486. The van der Waals surface area contributed by atoms with Gasteiger partial charge in [0.05, 0.1) is 4.47 Å². The van der Waals surface area contributed by atoms with E-state index < -0.39 is 0 Å². The van der Waals surface area contributed by atoms with Gasteiger partial charge in [0.25, 0.3) is 5.91 Å². The van der Waals surface area contributed by atoms with Crippen LogP contribution in [0.4, 0.5) is 0 Å². The summed E-state index contributed by atoms with van der Waals surface area (Å²) in [7, 11) is 0. The van der Waals surface area contributed by atoms with Crippen molar-refractivity contribution in [3.05, 3.63) is 28.2 Å². The van der Waals surface area contributed by atoms with E-state index in [1.54, 1.807) is 12.1 Å². The van der Waals surface area contributed by atoms with Gasteiger partial charge in [-0.05, 0) is 59.0 Å². The van der Waals surface area contributed by atoms with Crippen molar-refractivity contribution in [2.75, 3.05) is 18.6 Å². The van der Waals surface area contributed by atoms with Crippen LogP contribution in [0.3, 0.4) is 0 Å². The van der Waals surface area contributed by atoms with E-state index in [2.05, 4.69) is 27.5 Å². The van der Waals surface area contributed by atoms with Gasteiger partial charge in [-0.3, -0.25) is 4.79 Å². The first-order valence-electron chi connectivity index (χ1n) is 5.91. The highest BCUT2D eigenvalue weighted by Gasteiger charge is 2.07. The van der Waals surface area contributed by atoms with E-state index in [0.29, 0.717) is 16.6 Å². The van der Waals surface area contributed by atoms with Crippen molar-refractivity contribution >= 4 is 33.6 Å². The summed E-state index contributed by atoms with van der Waals surface area (Å²) >= 11 is 5.03. The minimum absolute atomic E-state index is 0.0858. The summed E-state index contributed by atoms with van der Waals surface area (Å²) in [4.78, 5) is 11.8. The Balaban J connectivity index is 2.30. The molecule has 2 N–H and O–H groups in total. The Bertz CT molecular complexity index is 399. The molecule has 0 aliphatic carbocycles. The van der Waals surface area contributed by atoms with Crippen LogP contribution in [0.5, 0.6) is 5.75 Å². The molecule has 0 fully saturated rings. The molecule has 0 aliphatic rings. The number of aromatic hydroxyl groups is 1. The third-order valence-corrected chi connectivity index (χ3v) is 3.89. The van der Waals surface area contributed by atoms with Crippen molar-refractivity contribution in [1.29, 1.82) is 0 Å². The first-order chi connectivity index (χ1) is 8.65. The first-order valence-corrected chi connectivity index (χ1v) is 8.09. The zero-order valence-corrected chi connectivity index (χ0v) is 12.8. The number of unbranched alkanes of at least 4 members (excludes halogenated alkanes) is 2. The normalized spacial score (nSPS) is 10.3. The molecule has 18 heavy (non-hydrogen) atoms. The molecule has 100 valence electrons. The van der Waals surface area contributed by atoms with Gasteiger partial charge in [-0.25, -0.2) is 0 Å². The Morgan fingerprint density at radius 1 is 1.39 bits per heavy atom. The number of rotatable bonds is 7. The number of halogens is 1. The van der Waals surface area contributed by atoms with Gasteiger partial charge >= 0.3 is 0 Å². The number of carbonyl (C=O) groups excluding carboxylic acids is 1. The van der Waals surface area contributed by atoms with Crippen LogP contribution in [0.2, 0.25) is 0 Å². The lowest BCUT2D eigenvalue weighted by Gasteiger charge is -2.06. The van der Waals surface area contributed by atoms with E-state index >= 15 is 0 Å². The average Bonchev–Trinajstić information content (AvgIpc) is 2.36. The van der Waals surface area contributed by atoms with Crippen LogP contribution in [-0.4, -0.2) is 29.6 Å². The maximum atomic E-state index is 11.8. The molecule has 0 aliphatic heterocycles. The van der Waals surface area contributed by atoms with Gasteiger partial charge in [0, 0.05) is 12.1 Å². The number of phenols is 1. The molecule has 1 aromatic carbocycles. The van der Waals surface area contributed by atoms with Crippen LogP contribution < -0.4 is 5.32 Å². The van der Waals surface area contributed by atoms with Crippen LogP contribution in [-0.2, 0) is 0 Å². The van der Waals surface area contributed by atoms with Gasteiger partial charge in [-0.1, -0.05) is 6.42 Å². The summed E-state index contributed by atoms with van der Waals surface area (Å²) in [5, 5.41) is 12.3. The SMILES string of the molecule is CSCCCCCNC(=O)c1ccc(Br)c(O)c1. The van der Waals surface area contributed by atoms with Crippen LogP contribution in [0.15, 0.2) is 22.7 Å². The topological polar surface area (TPSA) is 49.3 Å². The lowest BCUT2D eigenvalue weighted by molar-refractivity contribution is 0.0952. The maximum Gasteiger partial charge on any atom is 0.251 e. The minimum atomic E-state index is -0.136. The first kappa shape index (κ1) is 15.4. The van der Waals surface area contributed by atoms with Crippen molar-refractivity contribution in [3.63, 3.8) is 0 Å². The number of hydrogen-bond donors (Lipinski definition) is 2. The van der Waals surface area contributed by atoms with Gasteiger partial charge in [-0.2, -0.15) is 11.8 Å². The summed E-state index contributed by atoms with van der Waals surface area (Å²) in [5.74, 6) is 1.12. The molecule has 0 atom stereocenters. The number of benzene rings is 1. The van der Waals surface area contributed by atoms with Crippen molar-refractivity contribution in [3.8, 4) is 5.75 Å². The fourth-order valence-corrected chi connectivity index (χ4v) is 2.25.